The molecule has 10 heteroatoms. The van der Waals surface area contributed by atoms with Gasteiger partial charge in [-0.25, -0.2) is 19.0 Å². The van der Waals surface area contributed by atoms with E-state index in [1.807, 2.05) is 38.1 Å². The second-order valence-electron chi connectivity index (χ2n) is 8.42. The standard InChI is InChI=1S/C27H27N5O5/c1-5-31-26(34)30-25(32(27(31)35)16-19-8-6-17(2)7-9-19)29-21-10-11-23(18(3)12-21)37-22-13-20(14-28-15-22)24(33)36-4/h6-15H,5,16H2,1-4H3,(H,29,30,34). The van der Waals surface area contributed by atoms with E-state index in [1.54, 1.807) is 31.2 Å². The molecule has 0 aliphatic heterocycles. The topological polar surface area (TPSA) is 117 Å². The van der Waals surface area contributed by atoms with E-state index in [0.717, 1.165) is 21.3 Å². The van der Waals surface area contributed by atoms with Crippen molar-refractivity contribution in [3.05, 3.63) is 104 Å². The molecule has 2 aromatic carbocycles. The summed E-state index contributed by atoms with van der Waals surface area (Å²) < 4.78 is 13.2. The number of nitrogens with one attached hydrogen (secondary N) is 1. The molecule has 4 aromatic rings. The highest BCUT2D eigenvalue weighted by Crippen LogP contribution is 2.28. The van der Waals surface area contributed by atoms with Crippen molar-refractivity contribution in [2.75, 3.05) is 12.4 Å². The van der Waals surface area contributed by atoms with Gasteiger partial charge in [-0.15, -0.1) is 0 Å². The minimum atomic E-state index is -0.621. The largest absolute Gasteiger partial charge is 0.465 e. The normalized spacial score (nSPS) is 10.7. The van der Waals surface area contributed by atoms with Crippen LogP contribution in [-0.2, 0) is 17.8 Å². The van der Waals surface area contributed by atoms with Gasteiger partial charge in [-0.05, 0) is 56.2 Å². The predicted molar refractivity (Wildman–Crippen MR) is 139 cm³/mol. The summed E-state index contributed by atoms with van der Waals surface area (Å²) in [5, 5.41) is 3.11. The number of rotatable bonds is 8. The molecular formula is C27H27N5O5. The van der Waals surface area contributed by atoms with Crippen molar-refractivity contribution >= 4 is 17.6 Å². The van der Waals surface area contributed by atoms with Gasteiger partial charge in [0.2, 0.25) is 5.95 Å². The number of benzene rings is 2. The molecule has 0 radical (unpaired) electrons. The molecule has 0 aliphatic carbocycles. The Morgan fingerprint density at radius 3 is 2.43 bits per heavy atom. The van der Waals surface area contributed by atoms with Crippen LogP contribution in [0.4, 0.5) is 11.6 Å². The fourth-order valence-electron chi connectivity index (χ4n) is 3.72. The van der Waals surface area contributed by atoms with Crippen molar-refractivity contribution in [2.24, 2.45) is 0 Å². The molecule has 0 unspecified atom stereocenters. The molecule has 2 aromatic heterocycles. The Kier molecular flexibility index (Phi) is 7.47. The molecule has 37 heavy (non-hydrogen) atoms. The monoisotopic (exact) mass is 501 g/mol. The molecule has 0 aliphatic rings. The third-order valence-electron chi connectivity index (χ3n) is 5.72. The van der Waals surface area contributed by atoms with E-state index in [4.69, 9.17) is 9.47 Å². The van der Waals surface area contributed by atoms with Crippen LogP contribution in [0.25, 0.3) is 0 Å². The lowest BCUT2D eigenvalue weighted by Crippen LogP contribution is -2.42. The van der Waals surface area contributed by atoms with E-state index in [9.17, 15) is 14.4 Å². The molecular weight excluding hydrogens is 474 g/mol. The molecule has 0 saturated heterocycles. The smallest absolute Gasteiger partial charge is 0.354 e. The maximum Gasteiger partial charge on any atom is 0.354 e. The van der Waals surface area contributed by atoms with Gasteiger partial charge in [0.05, 0.1) is 25.4 Å². The molecule has 1 N–H and O–H groups in total. The summed E-state index contributed by atoms with van der Waals surface area (Å²) in [6.07, 6.45) is 2.89. The lowest BCUT2D eigenvalue weighted by Gasteiger charge is -2.16. The van der Waals surface area contributed by atoms with Crippen LogP contribution >= 0.6 is 0 Å². The van der Waals surface area contributed by atoms with E-state index in [0.29, 0.717) is 17.2 Å². The SMILES string of the molecule is CCn1c(=O)nc(Nc2ccc(Oc3cncc(C(=O)OC)c3)c(C)c2)n(Cc2ccc(C)cc2)c1=O. The van der Waals surface area contributed by atoms with Crippen molar-refractivity contribution in [1.82, 2.24) is 19.1 Å². The van der Waals surface area contributed by atoms with Gasteiger partial charge < -0.3 is 14.8 Å². The fourth-order valence-corrected chi connectivity index (χ4v) is 3.72. The maximum atomic E-state index is 13.1. The Balaban J connectivity index is 1.63. The number of carbonyl (C=O) groups excluding carboxylic acids is 1. The molecule has 4 rings (SSSR count). The molecule has 10 nitrogen and oxygen atoms in total. The van der Waals surface area contributed by atoms with Crippen molar-refractivity contribution < 1.29 is 14.3 Å². The molecule has 0 amide bonds. The number of esters is 1. The van der Waals surface area contributed by atoms with E-state index in [2.05, 4.69) is 15.3 Å². The van der Waals surface area contributed by atoms with Crippen molar-refractivity contribution in [3.63, 3.8) is 0 Å². The van der Waals surface area contributed by atoms with Gasteiger partial charge in [0.25, 0.3) is 0 Å². The van der Waals surface area contributed by atoms with Crippen molar-refractivity contribution in [3.8, 4) is 11.5 Å². The molecule has 2 heterocycles. The summed E-state index contributed by atoms with van der Waals surface area (Å²) in [7, 11) is 1.30. The number of aromatic nitrogens is 4. The van der Waals surface area contributed by atoms with Crippen LogP contribution in [0.5, 0.6) is 11.5 Å². The van der Waals surface area contributed by atoms with Gasteiger partial charge in [-0.2, -0.15) is 4.98 Å². The minimum absolute atomic E-state index is 0.142. The number of ether oxygens (including phenoxy) is 2. The molecule has 190 valence electrons. The Morgan fingerprint density at radius 1 is 1.00 bits per heavy atom. The second-order valence-corrected chi connectivity index (χ2v) is 8.42. The van der Waals surface area contributed by atoms with Crippen molar-refractivity contribution in [2.45, 2.75) is 33.9 Å². The van der Waals surface area contributed by atoms with Gasteiger partial charge in [0.15, 0.2) is 0 Å². The fraction of sp³-hybridized carbons (Fsp3) is 0.222. The first-order chi connectivity index (χ1) is 17.8. The van der Waals surface area contributed by atoms with Crippen LogP contribution in [-0.4, -0.2) is 32.2 Å². The number of aryl methyl sites for hydroxylation is 2. The zero-order valence-corrected chi connectivity index (χ0v) is 21.0. The van der Waals surface area contributed by atoms with E-state index >= 15 is 0 Å². The highest BCUT2D eigenvalue weighted by Gasteiger charge is 2.14. The van der Waals surface area contributed by atoms with E-state index in [-0.39, 0.29) is 24.6 Å². The highest BCUT2D eigenvalue weighted by molar-refractivity contribution is 5.89. The molecule has 0 saturated carbocycles. The maximum absolute atomic E-state index is 13.1. The van der Waals surface area contributed by atoms with Gasteiger partial charge in [0, 0.05) is 18.4 Å². The molecule has 0 bridgehead atoms. The van der Waals surface area contributed by atoms with Crippen LogP contribution in [0.2, 0.25) is 0 Å². The molecule has 0 spiro atoms. The lowest BCUT2D eigenvalue weighted by atomic mass is 10.1. The summed E-state index contributed by atoms with van der Waals surface area (Å²) in [5.74, 6) is 0.552. The minimum Gasteiger partial charge on any atom is -0.465 e. The Morgan fingerprint density at radius 2 is 1.76 bits per heavy atom. The number of anilines is 2. The average molecular weight is 502 g/mol. The van der Waals surface area contributed by atoms with Crippen LogP contribution < -0.4 is 21.4 Å². The van der Waals surface area contributed by atoms with Gasteiger partial charge >= 0.3 is 17.3 Å². The Bertz CT molecular complexity index is 1560. The quantitative estimate of drug-likeness (QED) is 0.362. The molecule has 0 fully saturated rings. The van der Waals surface area contributed by atoms with Crippen LogP contribution in [0.3, 0.4) is 0 Å². The van der Waals surface area contributed by atoms with Crippen molar-refractivity contribution in [1.29, 1.82) is 0 Å². The first kappa shape index (κ1) is 25.4. The Hall–Kier alpha value is -4.73. The first-order valence-electron chi connectivity index (χ1n) is 11.6. The van der Waals surface area contributed by atoms with Crippen LogP contribution in [0, 0.1) is 13.8 Å². The van der Waals surface area contributed by atoms with Gasteiger partial charge in [-0.3, -0.25) is 9.55 Å². The third kappa shape index (κ3) is 5.75. The second kappa shape index (κ2) is 10.9. The van der Waals surface area contributed by atoms with Crippen LogP contribution in [0.1, 0.15) is 34.0 Å². The highest BCUT2D eigenvalue weighted by atomic mass is 16.5. The number of nitrogens with zero attached hydrogens (tertiary/aromatic N) is 4. The number of carbonyl (C=O) groups is 1. The zero-order valence-electron chi connectivity index (χ0n) is 21.0. The van der Waals surface area contributed by atoms with Gasteiger partial charge in [0.1, 0.15) is 11.5 Å². The summed E-state index contributed by atoms with van der Waals surface area (Å²) in [5.41, 5.74) is 2.60. The molecule has 0 atom stereocenters. The summed E-state index contributed by atoms with van der Waals surface area (Å²) in [6.45, 7) is 6.03. The van der Waals surface area contributed by atoms with E-state index < -0.39 is 17.3 Å². The predicted octanol–water partition coefficient (Wildman–Crippen LogP) is 3.81. The zero-order chi connectivity index (χ0) is 26.5. The number of methoxy groups -OCH3 is 1. The Labute approximate surface area is 213 Å². The number of hydrogen-bond donors (Lipinski definition) is 1. The average Bonchev–Trinajstić information content (AvgIpc) is 2.89. The van der Waals surface area contributed by atoms with E-state index in [1.165, 1.54) is 24.1 Å². The summed E-state index contributed by atoms with van der Waals surface area (Å²) >= 11 is 0. The number of pyridine rings is 1. The lowest BCUT2D eigenvalue weighted by molar-refractivity contribution is 0.0600. The number of hydrogen-bond acceptors (Lipinski definition) is 8. The van der Waals surface area contributed by atoms with Gasteiger partial charge in [-0.1, -0.05) is 29.8 Å². The third-order valence-corrected chi connectivity index (χ3v) is 5.72. The summed E-state index contributed by atoms with van der Waals surface area (Å²) in [4.78, 5) is 45.5. The summed E-state index contributed by atoms with van der Waals surface area (Å²) in [6, 6.07) is 14.6. The first-order valence-corrected chi connectivity index (χ1v) is 11.6. The van der Waals surface area contributed by atoms with Crippen LogP contribution in [0.15, 0.2) is 70.5 Å².